The number of pyridine rings is 1. The van der Waals surface area contributed by atoms with E-state index in [1.54, 1.807) is 43.3 Å². The second-order valence-corrected chi connectivity index (χ2v) is 5.86. The molecule has 23 heavy (non-hydrogen) atoms. The Labute approximate surface area is 136 Å². The number of ether oxygens (including phenoxy) is 1. The third-order valence-electron chi connectivity index (χ3n) is 3.99. The van der Waals surface area contributed by atoms with E-state index in [4.69, 9.17) is 4.74 Å². The summed E-state index contributed by atoms with van der Waals surface area (Å²) in [6.07, 6.45) is 3.06. The third-order valence-corrected chi connectivity index (χ3v) is 3.99. The van der Waals surface area contributed by atoms with E-state index in [0.717, 1.165) is 5.56 Å². The quantitative estimate of drug-likeness (QED) is 0.901. The first-order valence-corrected chi connectivity index (χ1v) is 7.74. The first-order chi connectivity index (χ1) is 11.0. The number of nitrogens with one attached hydrogen (secondary N) is 1. The second-order valence-electron chi connectivity index (χ2n) is 5.86. The molecule has 1 aromatic rings. The number of carbonyl (C=O) groups excluding carboxylic acids is 2. The topological polar surface area (TPSA) is 74.8 Å². The molecule has 0 saturated carbocycles. The molecule has 126 valence electrons. The van der Waals surface area contributed by atoms with Crippen LogP contribution < -0.4 is 10.1 Å². The minimum absolute atomic E-state index is 0.00717. The van der Waals surface area contributed by atoms with Gasteiger partial charge in [0.15, 0.2) is 0 Å². The number of carbonyl (C=O) groups is 2. The summed E-state index contributed by atoms with van der Waals surface area (Å²) >= 11 is 0. The van der Waals surface area contributed by atoms with Crippen molar-refractivity contribution in [3.05, 3.63) is 23.9 Å². The van der Waals surface area contributed by atoms with Crippen LogP contribution in [0.15, 0.2) is 18.3 Å². The summed E-state index contributed by atoms with van der Waals surface area (Å²) in [6.45, 7) is 1.70. The van der Waals surface area contributed by atoms with Gasteiger partial charge in [0.05, 0.1) is 7.11 Å². The van der Waals surface area contributed by atoms with Crippen LogP contribution in [0.25, 0.3) is 0 Å². The van der Waals surface area contributed by atoms with Crippen LogP contribution in [0.4, 0.5) is 4.79 Å². The lowest BCUT2D eigenvalue weighted by Gasteiger charge is -2.33. The second kappa shape index (κ2) is 7.80. The van der Waals surface area contributed by atoms with Gasteiger partial charge in [0.1, 0.15) is 0 Å². The Morgan fingerprint density at radius 1 is 1.39 bits per heavy atom. The van der Waals surface area contributed by atoms with Gasteiger partial charge in [-0.05, 0) is 24.5 Å². The molecule has 0 aromatic carbocycles. The van der Waals surface area contributed by atoms with Gasteiger partial charge in [0.25, 0.3) is 0 Å². The lowest BCUT2D eigenvalue weighted by molar-refractivity contribution is -0.126. The van der Waals surface area contributed by atoms with Crippen molar-refractivity contribution < 1.29 is 14.3 Å². The van der Waals surface area contributed by atoms with Crippen LogP contribution in [0.1, 0.15) is 18.4 Å². The zero-order chi connectivity index (χ0) is 16.8. The number of nitrogens with zero attached hydrogens (tertiary/aromatic N) is 3. The Morgan fingerprint density at radius 3 is 2.70 bits per heavy atom. The molecule has 1 N–H and O–H groups in total. The zero-order valence-corrected chi connectivity index (χ0v) is 13.9. The van der Waals surface area contributed by atoms with E-state index in [2.05, 4.69) is 10.3 Å². The minimum Gasteiger partial charge on any atom is -0.481 e. The molecule has 7 heteroatoms. The molecule has 1 saturated heterocycles. The summed E-state index contributed by atoms with van der Waals surface area (Å²) < 4.78 is 5.07. The van der Waals surface area contributed by atoms with Crippen LogP contribution in [0.3, 0.4) is 0 Å². The maximum Gasteiger partial charge on any atom is 0.319 e. The molecular weight excluding hydrogens is 296 g/mol. The van der Waals surface area contributed by atoms with Crippen molar-refractivity contribution in [2.45, 2.75) is 19.4 Å². The summed E-state index contributed by atoms with van der Waals surface area (Å²) in [6, 6.07) is 3.66. The number of rotatable bonds is 4. The fourth-order valence-corrected chi connectivity index (χ4v) is 2.62. The van der Waals surface area contributed by atoms with Gasteiger partial charge in [-0.1, -0.05) is 0 Å². The lowest BCUT2D eigenvalue weighted by atomic mass is 9.96. The standard InChI is InChI=1S/C16H24N4O3/c1-19(2)16(22)20-8-5-13(6-9-20)15(21)18-11-12-4-7-17-14(10-12)23-3/h4,7,10,13H,5-6,8-9,11H2,1-3H3,(H,18,21). The molecule has 7 nitrogen and oxygen atoms in total. The molecule has 1 aliphatic heterocycles. The van der Waals surface area contributed by atoms with E-state index in [1.165, 1.54) is 0 Å². The van der Waals surface area contributed by atoms with Crippen molar-refractivity contribution in [3.63, 3.8) is 0 Å². The Kier molecular flexibility index (Phi) is 5.78. The van der Waals surface area contributed by atoms with Gasteiger partial charge >= 0.3 is 6.03 Å². The minimum atomic E-state index is -0.0371. The van der Waals surface area contributed by atoms with E-state index in [0.29, 0.717) is 38.4 Å². The highest BCUT2D eigenvalue weighted by molar-refractivity contribution is 5.79. The lowest BCUT2D eigenvalue weighted by Crippen LogP contribution is -2.46. The summed E-state index contributed by atoms with van der Waals surface area (Å²) in [5.74, 6) is 0.537. The van der Waals surface area contributed by atoms with Crippen molar-refractivity contribution in [1.29, 1.82) is 0 Å². The van der Waals surface area contributed by atoms with Crippen LogP contribution in [-0.2, 0) is 11.3 Å². The molecule has 0 unspecified atom stereocenters. The van der Waals surface area contributed by atoms with Crippen molar-refractivity contribution in [2.24, 2.45) is 5.92 Å². The van der Waals surface area contributed by atoms with Crippen molar-refractivity contribution >= 4 is 11.9 Å². The van der Waals surface area contributed by atoms with E-state index in [9.17, 15) is 9.59 Å². The first-order valence-electron chi connectivity index (χ1n) is 7.74. The monoisotopic (exact) mass is 320 g/mol. The predicted octanol–water partition coefficient (Wildman–Crippen LogP) is 1.10. The van der Waals surface area contributed by atoms with E-state index in [1.807, 2.05) is 6.07 Å². The molecule has 0 spiro atoms. The van der Waals surface area contributed by atoms with Crippen molar-refractivity contribution in [1.82, 2.24) is 20.1 Å². The fraction of sp³-hybridized carbons (Fsp3) is 0.562. The van der Waals surface area contributed by atoms with Crippen LogP contribution in [-0.4, -0.2) is 61.0 Å². The number of amides is 3. The average molecular weight is 320 g/mol. The summed E-state index contributed by atoms with van der Waals surface area (Å²) in [5.41, 5.74) is 0.949. The summed E-state index contributed by atoms with van der Waals surface area (Å²) in [4.78, 5) is 31.5. The third kappa shape index (κ3) is 4.58. The van der Waals surface area contributed by atoms with Gasteiger partial charge in [0.2, 0.25) is 11.8 Å². The number of piperidine rings is 1. The van der Waals surface area contributed by atoms with Crippen LogP contribution in [0.2, 0.25) is 0 Å². The number of methoxy groups -OCH3 is 1. The van der Waals surface area contributed by atoms with E-state index in [-0.39, 0.29) is 17.9 Å². The number of hydrogen-bond acceptors (Lipinski definition) is 4. The molecule has 3 amide bonds. The Balaban J connectivity index is 1.80. The highest BCUT2D eigenvalue weighted by Gasteiger charge is 2.27. The first kappa shape index (κ1) is 17.1. The molecule has 2 rings (SSSR count). The maximum atomic E-state index is 12.3. The Bertz CT molecular complexity index is 554. The smallest absolute Gasteiger partial charge is 0.319 e. The molecule has 0 bridgehead atoms. The number of likely N-dealkylation sites (tertiary alicyclic amines) is 1. The van der Waals surface area contributed by atoms with E-state index < -0.39 is 0 Å². The van der Waals surface area contributed by atoms with E-state index >= 15 is 0 Å². The van der Waals surface area contributed by atoms with Gasteiger partial charge in [-0.2, -0.15) is 0 Å². The summed E-state index contributed by atoms with van der Waals surface area (Å²) in [7, 11) is 5.04. The average Bonchev–Trinajstić information content (AvgIpc) is 2.59. The molecule has 1 aromatic heterocycles. The van der Waals surface area contributed by atoms with Crippen LogP contribution in [0.5, 0.6) is 5.88 Å². The van der Waals surface area contributed by atoms with Crippen LogP contribution in [0, 0.1) is 5.92 Å². The maximum absolute atomic E-state index is 12.3. The van der Waals surface area contributed by atoms with Gasteiger partial charge in [-0.15, -0.1) is 0 Å². The SMILES string of the molecule is COc1cc(CNC(=O)C2CCN(C(=O)N(C)C)CC2)ccn1. The highest BCUT2D eigenvalue weighted by atomic mass is 16.5. The summed E-state index contributed by atoms with van der Waals surface area (Å²) in [5, 5.41) is 2.95. The molecule has 1 aliphatic rings. The van der Waals surface area contributed by atoms with Gasteiger partial charge < -0.3 is 19.9 Å². The normalized spacial score (nSPS) is 15.2. The molecule has 2 heterocycles. The highest BCUT2D eigenvalue weighted by Crippen LogP contribution is 2.18. The zero-order valence-electron chi connectivity index (χ0n) is 13.9. The molecule has 1 fully saturated rings. The van der Waals surface area contributed by atoms with Gasteiger partial charge in [-0.3, -0.25) is 4.79 Å². The number of urea groups is 1. The Hall–Kier alpha value is -2.31. The number of aromatic nitrogens is 1. The molecule has 0 radical (unpaired) electrons. The predicted molar refractivity (Wildman–Crippen MR) is 86.0 cm³/mol. The van der Waals surface area contributed by atoms with Gasteiger partial charge in [0, 0.05) is 51.9 Å². The van der Waals surface area contributed by atoms with Crippen LogP contribution >= 0.6 is 0 Å². The molecule has 0 atom stereocenters. The van der Waals surface area contributed by atoms with Crippen molar-refractivity contribution in [2.75, 3.05) is 34.3 Å². The molecule has 0 aliphatic carbocycles. The Morgan fingerprint density at radius 2 is 2.09 bits per heavy atom. The van der Waals surface area contributed by atoms with Gasteiger partial charge in [-0.25, -0.2) is 9.78 Å². The van der Waals surface area contributed by atoms with Crippen molar-refractivity contribution in [3.8, 4) is 5.88 Å². The number of hydrogen-bond donors (Lipinski definition) is 1. The fourth-order valence-electron chi connectivity index (χ4n) is 2.62. The molecular formula is C16H24N4O3. The largest absolute Gasteiger partial charge is 0.481 e.